The summed E-state index contributed by atoms with van der Waals surface area (Å²) < 4.78 is 16.4. The Labute approximate surface area is 152 Å². The molecule has 0 bridgehead atoms. The molecule has 0 saturated carbocycles. The highest BCUT2D eigenvalue weighted by Gasteiger charge is 2.18. The molecule has 2 rings (SSSR count). The summed E-state index contributed by atoms with van der Waals surface area (Å²) in [5.41, 5.74) is 1.57. The van der Waals surface area contributed by atoms with Gasteiger partial charge in [-0.1, -0.05) is 29.4 Å². The SMILES string of the molecule is CNC(=O)/C(=N/OC)c1ccccc1COc1cc(OC)ccc1OC. The maximum absolute atomic E-state index is 12.1. The number of hydrogen-bond donors (Lipinski definition) is 1. The maximum atomic E-state index is 12.1. The van der Waals surface area contributed by atoms with Crippen LogP contribution in [0.3, 0.4) is 0 Å². The molecule has 138 valence electrons. The largest absolute Gasteiger partial charge is 0.497 e. The summed E-state index contributed by atoms with van der Waals surface area (Å²) in [6.07, 6.45) is 0. The van der Waals surface area contributed by atoms with Crippen molar-refractivity contribution in [3.63, 3.8) is 0 Å². The Balaban J connectivity index is 2.32. The zero-order valence-corrected chi connectivity index (χ0v) is 15.2. The quantitative estimate of drug-likeness (QED) is 0.579. The molecule has 0 aromatic heterocycles. The highest BCUT2D eigenvalue weighted by atomic mass is 16.6. The van der Waals surface area contributed by atoms with Crippen LogP contribution in [0, 0.1) is 0 Å². The third-order valence-electron chi connectivity index (χ3n) is 3.65. The van der Waals surface area contributed by atoms with E-state index in [0.29, 0.717) is 22.8 Å². The van der Waals surface area contributed by atoms with Gasteiger partial charge in [-0.2, -0.15) is 0 Å². The van der Waals surface area contributed by atoms with Crippen LogP contribution in [0.5, 0.6) is 17.2 Å². The minimum atomic E-state index is -0.349. The van der Waals surface area contributed by atoms with Gasteiger partial charge >= 0.3 is 0 Å². The highest BCUT2D eigenvalue weighted by Crippen LogP contribution is 2.32. The predicted molar refractivity (Wildman–Crippen MR) is 97.9 cm³/mol. The van der Waals surface area contributed by atoms with Crippen LogP contribution in [0.4, 0.5) is 0 Å². The van der Waals surface area contributed by atoms with E-state index in [1.807, 2.05) is 18.2 Å². The second-order valence-corrected chi connectivity index (χ2v) is 5.16. The van der Waals surface area contributed by atoms with Crippen LogP contribution in [0.15, 0.2) is 47.6 Å². The minimum Gasteiger partial charge on any atom is -0.497 e. The Bertz CT molecular complexity index is 789. The zero-order chi connectivity index (χ0) is 18.9. The molecule has 0 radical (unpaired) electrons. The van der Waals surface area contributed by atoms with Crippen molar-refractivity contribution in [2.45, 2.75) is 6.61 Å². The molecule has 2 aromatic rings. The average molecular weight is 358 g/mol. The lowest BCUT2D eigenvalue weighted by molar-refractivity contribution is -0.114. The summed E-state index contributed by atoms with van der Waals surface area (Å²) >= 11 is 0. The van der Waals surface area contributed by atoms with Gasteiger partial charge in [0.2, 0.25) is 0 Å². The summed E-state index contributed by atoms with van der Waals surface area (Å²) in [7, 11) is 6.08. The number of nitrogens with zero attached hydrogens (tertiary/aromatic N) is 1. The topological polar surface area (TPSA) is 78.4 Å². The lowest BCUT2D eigenvalue weighted by atomic mass is 10.0. The molecule has 26 heavy (non-hydrogen) atoms. The first-order valence-corrected chi connectivity index (χ1v) is 7.91. The number of carbonyl (C=O) groups excluding carboxylic acids is 1. The monoisotopic (exact) mass is 358 g/mol. The van der Waals surface area contributed by atoms with E-state index in [-0.39, 0.29) is 18.2 Å². The van der Waals surface area contributed by atoms with E-state index in [0.717, 1.165) is 5.56 Å². The Morgan fingerprint density at radius 1 is 1.04 bits per heavy atom. The van der Waals surface area contributed by atoms with Gasteiger partial charge in [0.05, 0.1) is 14.2 Å². The number of hydrogen-bond acceptors (Lipinski definition) is 6. The normalized spacial score (nSPS) is 10.8. The molecule has 0 aliphatic heterocycles. The summed E-state index contributed by atoms with van der Waals surface area (Å²) in [4.78, 5) is 16.9. The number of nitrogens with one attached hydrogen (secondary N) is 1. The van der Waals surface area contributed by atoms with Crippen LogP contribution in [-0.4, -0.2) is 40.0 Å². The lowest BCUT2D eigenvalue weighted by Gasteiger charge is -2.14. The number of ether oxygens (including phenoxy) is 3. The number of methoxy groups -OCH3 is 2. The first-order chi connectivity index (χ1) is 12.6. The van der Waals surface area contributed by atoms with Gasteiger partial charge in [0.1, 0.15) is 19.5 Å². The van der Waals surface area contributed by atoms with Gasteiger partial charge in [-0.05, 0) is 17.7 Å². The third-order valence-corrected chi connectivity index (χ3v) is 3.65. The maximum Gasteiger partial charge on any atom is 0.273 e. The number of likely N-dealkylation sites (N-methyl/N-ethyl adjacent to an activating group) is 1. The molecular formula is C19H22N2O5. The van der Waals surface area contributed by atoms with E-state index >= 15 is 0 Å². The van der Waals surface area contributed by atoms with Gasteiger partial charge < -0.3 is 24.4 Å². The van der Waals surface area contributed by atoms with Crippen molar-refractivity contribution >= 4 is 11.6 Å². The van der Waals surface area contributed by atoms with Gasteiger partial charge in [-0.3, -0.25) is 4.79 Å². The van der Waals surface area contributed by atoms with E-state index < -0.39 is 0 Å². The molecule has 0 atom stereocenters. The van der Waals surface area contributed by atoms with Gasteiger partial charge in [-0.15, -0.1) is 0 Å². The van der Waals surface area contributed by atoms with Crippen molar-refractivity contribution in [3.05, 3.63) is 53.6 Å². The third kappa shape index (κ3) is 4.44. The van der Waals surface area contributed by atoms with Crippen LogP contribution in [0.2, 0.25) is 0 Å². The molecule has 0 aliphatic rings. The number of oxime groups is 1. The summed E-state index contributed by atoms with van der Waals surface area (Å²) in [6.45, 7) is 0.208. The molecule has 7 heteroatoms. The van der Waals surface area contributed by atoms with Gasteiger partial charge in [0.15, 0.2) is 17.2 Å². The summed E-state index contributed by atoms with van der Waals surface area (Å²) in [5.74, 6) is 1.42. The molecule has 0 saturated heterocycles. The van der Waals surface area contributed by atoms with Crippen LogP contribution < -0.4 is 19.5 Å². The van der Waals surface area contributed by atoms with Gasteiger partial charge in [-0.25, -0.2) is 0 Å². The molecule has 2 aromatic carbocycles. The Hall–Kier alpha value is -3.22. The fourth-order valence-electron chi connectivity index (χ4n) is 2.35. The van der Waals surface area contributed by atoms with Crippen LogP contribution in [-0.2, 0) is 16.2 Å². The highest BCUT2D eigenvalue weighted by molar-refractivity contribution is 6.45. The van der Waals surface area contributed by atoms with Crippen molar-refractivity contribution < 1.29 is 23.8 Å². The number of benzene rings is 2. The molecule has 0 heterocycles. The average Bonchev–Trinajstić information content (AvgIpc) is 2.69. The first kappa shape index (κ1) is 19.1. The second kappa shape index (κ2) is 9.31. The Morgan fingerprint density at radius 3 is 2.46 bits per heavy atom. The Morgan fingerprint density at radius 2 is 1.81 bits per heavy atom. The van der Waals surface area contributed by atoms with Gasteiger partial charge in [0, 0.05) is 18.7 Å². The smallest absolute Gasteiger partial charge is 0.273 e. The van der Waals surface area contributed by atoms with Crippen LogP contribution in [0.1, 0.15) is 11.1 Å². The van der Waals surface area contributed by atoms with E-state index in [1.165, 1.54) is 14.2 Å². The van der Waals surface area contributed by atoms with E-state index in [9.17, 15) is 4.79 Å². The molecule has 0 fully saturated rings. The Kier molecular flexibility index (Phi) is 6.84. The zero-order valence-electron chi connectivity index (χ0n) is 15.2. The molecule has 1 N–H and O–H groups in total. The first-order valence-electron chi connectivity index (χ1n) is 7.91. The predicted octanol–water partition coefficient (Wildman–Crippen LogP) is 2.38. The van der Waals surface area contributed by atoms with Crippen molar-refractivity contribution in [2.75, 3.05) is 28.4 Å². The molecule has 1 amide bonds. The van der Waals surface area contributed by atoms with E-state index in [2.05, 4.69) is 10.5 Å². The fourth-order valence-corrected chi connectivity index (χ4v) is 2.35. The minimum absolute atomic E-state index is 0.173. The summed E-state index contributed by atoms with van der Waals surface area (Å²) in [5, 5.41) is 6.40. The number of carbonyl (C=O) groups is 1. The lowest BCUT2D eigenvalue weighted by Crippen LogP contribution is -2.29. The van der Waals surface area contributed by atoms with Crippen LogP contribution in [0.25, 0.3) is 0 Å². The van der Waals surface area contributed by atoms with E-state index in [4.69, 9.17) is 19.0 Å². The molecule has 0 spiro atoms. The van der Waals surface area contributed by atoms with Crippen molar-refractivity contribution in [3.8, 4) is 17.2 Å². The molecule has 0 unspecified atom stereocenters. The summed E-state index contributed by atoms with van der Waals surface area (Å²) in [6, 6.07) is 12.6. The molecule has 7 nitrogen and oxygen atoms in total. The van der Waals surface area contributed by atoms with Crippen molar-refractivity contribution in [1.29, 1.82) is 0 Å². The second-order valence-electron chi connectivity index (χ2n) is 5.16. The fraction of sp³-hybridized carbons (Fsp3) is 0.263. The van der Waals surface area contributed by atoms with Gasteiger partial charge in [0.25, 0.3) is 5.91 Å². The molecular weight excluding hydrogens is 336 g/mol. The number of amides is 1. The van der Waals surface area contributed by atoms with Crippen molar-refractivity contribution in [2.24, 2.45) is 5.16 Å². The standard InChI is InChI=1S/C19H22N2O5/c1-20-19(22)18(21-25-4)15-8-6-5-7-13(15)12-26-17-11-14(23-2)9-10-16(17)24-3/h5-11H,12H2,1-4H3,(H,20,22)/b21-18+. The number of rotatable bonds is 8. The van der Waals surface area contributed by atoms with Crippen molar-refractivity contribution in [1.82, 2.24) is 5.32 Å². The van der Waals surface area contributed by atoms with Crippen LogP contribution >= 0.6 is 0 Å². The molecule has 0 aliphatic carbocycles. The van der Waals surface area contributed by atoms with E-state index in [1.54, 1.807) is 38.5 Å².